The van der Waals surface area contributed by atoms with Gasteiger partial charge in [-0.3, -0.25) is 9.69 Å². The molecule has 1 N–H and O–H groups in total. The molecule has 1 atom stereocenters. The number of rotatable bonds is 4. The van der Waals surface area contributed by atoms with Gasteiger partial charge in [0, 0.05) is 70.0 Å². The van der Waals surface area contributed by atoms with E-state index in [-0.39, 0.29) is 11.7 Å². The number of hydrogen-bond acceptors (Lipinski definition) is 5. The summed E-state index contributed by atoms with van der Waals surface area (Å²) in [5.74, 6) is 0.763. The summed E-state index contributed by atoms with van der Waals surface area (Å²) in [6, 6.07) is 6.17. The Hall–Kier alpha value is -2.31. The predicted octanol–water partition coefficient (Wildman–Crippen LogP) is 3.51. The van der Waals surface area contributed by atoms with E-state index in [9.17, 15) is 9.90 Å². The van der Waals surface area contributed by atoms with Crippen molar-refractivity contribution in [3.8, 4) is 5.75 Å². The Bertz CT molecular complexity index is 969. The first-order valence-corrected chi connectivity index (χ1v) is 13.1. The minimum atomic E-state index is -0.0511. The quantitative estimate of drug-likeness (QED) is 0.739. The average molecular weight is 465 g/mol. The molecule has 1 aromatic rings. The van der Waals surface area contributed by atoms with E-state index in [2.05, 4.69) is 47.7 Å². The number of phenolic OH excluding ortho intramolecular Hbond substituents is 1. The highest BCUT2D eigenvalue weighted by Crippen LogP contribution is 2.35. The van der Waals surface area contributed by atoms with Crippen LogP contribution in [0, 0.1) is 5.92 Å². The maximum atomic E-state index is 13.3. The molecule has 3 heterocycles. The molecule has 6 nitrogen and oxygen atoms in total. The lowest BCUT2D eigenvalue weighted by Gasteiger charge is -2.43. The number of allylic oxidation sites excluding steroid dienone is 2. The number of hydrogen-bond donors (Lipinski definition) is 1. The van der Waals surface area contributed by atoms with Crippen molar-refractivity contribution >= 4 is 5.91 Å². The molecule has 3 saturated heterocycles. The Morgan fingerprint density at radius 3 is 2.50 bits per heavy atom. The van der Waals surface area contributed by atoms with Crippen molar-refractivity contribution in [3.05, 3.63) is 52.7 Å². The van der Waals surface area contributed by atoms with Gasteiger partial charge in [0.05, 0.1) is 5.56 Å². The molecule has 184 valence electrons. The second-order valence-corrected chi connectivity index (χ2v) is 11.0. The Morgan fingerprint density at radius 1 is 1.06 bits per heavy atom. The highest BCUT2D eigenvalue weighted by molar-refractivity contribution is 5.97. The number of piperidine rings is 1. The van der Waals surface area contributed by atoms with Gasteiger partial charge in [0.2, 0.25) is 0 Å². The molecule has 3 aliphatic heterocycles. The minimum absolute atomic E-state index is 0.0511. The molecule has 4 aliphatic rings. The van der Waals surface area contributed by atoms with E-state index in [1.165, 1.54) is 50.3 Å². The fourth-order valence-corrected chi connectivity index (χ4v) is 6.00. The number of likely N-dealkylation sites (tertiary alicyclic amines) is 2. The van der Waals surface area contributed by atoms with Gasteiger partial charge >= 0.3 is 0 Å². The Labute approximate surface area is 204 Å². The number of benzene rings is 1. The highest BCUT2D eigenvalue weighted by Gasteiger charge is 2.34. The topological polar surface area (TPSA) is 50.3 Å². The number of likely N-dealkylation sites (N-methyl/N-ethyl adjacent to an activating group) is 1. The zero-order valence-electron chi connectivity index (χ0n) is 21.0. The Balaban J connectivity index is 1.20. The van der Waals surface area contributed by atoms with Crippen molar-refractivity contribution in [2.45, 2.75) is 45.1 Å². The molecule has 5 rings (SSSR count). The molecule has 6 heteroatoms. The van der Waals surface area contributed by atoms with E-state index >= 15 is 0 Å². The predicted molar refractivity (Wildman–Crippen MR) is 136 cm³/mol. The number of phenols is 1. The lowest BCUT2D eigenvalue weighted by atomic mass is 9.92. The van der Waals surface area contributed by atoms with Gasteiger partial charge in [-0.15, -0.1) is 0 Å². The van der Waals surface area contributed by atoms with Crippen molar-refractivity contribution in [1.82, 2.24) is 19.6 Å². The number of amides is 1. The van der Waals surface area contributed by atoms with Crippen molar-refractivity contribution in [3.63, 3.8) is 0 Å². The minimum Gasteiger partial charge on any atom is -0.507 e. The number of piperazine rings is 1. The molecular weight excluding hydrogens is 424 g/mol. The standard InChI is InChI=1S/C28H40N4O2/c1-20(2)21-5-7-27(33)26(17-21)28(34)32-18-22-4-6-25(16-23(22)19-32)30-10-8-24(9-11-30)31-14-12-29(3)13-15-31/h5-7,16-17,20,22,24,33H,4,8-15,18-19H2,1-3H3. The zero-order chi connectivity index (χ0) is 23.8. The van der Waals surface area contributed by atoms with Crippen LogP contribution in [0.25, 0.3) is 0 Å². The van der Waals surface area contributed by atoms with Crippen LogP contribution in [0.1, 0.15) is 54.9 Å². The molecule has 0 aromatic heterocycles. The smallest absolute Gasteiger partial charge is 0.257 e. The molecule has 1 amide bonds. The van der Waals surface area contributed by atoms with Crippen LogP contribution >= 0.6 is 0 Å². The van der Waals surface area contributed by atoms with E-state index in [0.717, 1.165) is 37.7 Å². The third-order valence-electron chi connectivity index (χ3n) is 8.37. The molecular formula is C28H40N4O2. The van der Waals surface area contributed by atoms with E-state index in [1.54, 1.807) is 6.07 Å². The molecule has 0 bridgehead atoms. The monoisotopic (exact) mass is 464 g/mol. The number of nitrogens with zero attached hydrogens (tertiary/aromatic N) is 4. The van der Waals surface area contributed by atoms with Crippen LogP contribution < -0.4 is 0 Å². The van der Waals surface area contributed by atoms with E-state index in [1.807, 2.05) is 17.0 Å². The van der Waals surface area contributed by atoms with Gasteiger partial charge < -0.3 is 19.8 Å². The third kappa shape index (κ3) is 4.76. The lowest BCUT2D eigenvalue weighted by Crippen LogP contribution is -2.52. The maximum absolute atomic E-state index is 13.3. The second kappa shape index (κ2) is 9.74. The van der Waals surface area contributed by atoms with Crippen molar-refractivity contribution in [2.75, 3.05) is 59.4 Å². The number of aromatic hydroxyl groups is 1. The first kappa shape index (κ1) is 23.4. The van der Waals surface area contributed by atoms with Crippen LogP contribution in [0.3, 0.4) is 0 Å². The molecule has 0 spiro atoms. The lowest BCUT2D eigenvalue weighted by molar-refractivity contribution is 0.0763. The summed E-state index contributed by atoms with van der Waals surface area (Å²) in [6.45, 7) is 12.7. The molecule has 0 saturated carbocycles. The molecule has 34 heavy (non-hydrogen) atoms. The summed E-state index contributed by atoms with van der Waals surface area (Å²) in [4.78, 5) is 22.9. The molecule has 1 unspecified atom stereocenters. The van der Waals surface area contributed by atoms with Gasteiger partial charge in [0.15, 0.2) is 0 Å². The number of carbonyl (C=O) groups is 1. The summed E-state index contributed by atoms with van der Waals surface area (Å²) >= 11 is 0. The van der Waals surface area contributed by atoms with Gasteiger partial charge in [-0.05, 0) is 61.6 Å². The molecule has 1 aromatic carbocycles. The zero-order valence-corrected chi connectivity index (χ0v) is 21.0. The van der Waals surface area contributed by atoms with Crippen LogP contribution in [0.2, 0.25) is 0 Å². The summed E-state index contributed by atoms with van der Waals surface area (Å²) in [5, 5.41) is 10.4. The van der Waals surface area contributed by atoms with Crippen molar-refractivity contribution in [2.24, 2.45) is 5.92 Å². The van der Waals surface area contributed by atoms with Crippen LogP contribution in [0.5, 0.6) is 5.75 Å². The number of fused-ring (bicyclic) bond motifs is 1. The van der Waals surface area contributed by atoms with Gasteiger partial charge in [-0.2, -0.15) is 0 Å². The van der Waals surface area contributed by atoms with Crippen molar-refractivity contribution in [1.29, 1.82) is 0 Å². The maximum Gasteiger partial charge on any atom is 0.257 e. The molecule has 3 fully saturated rings. The SMILES string of the molecule is CC(C)c1ccc(O)c(C(=O)N2CC3=CC(N4CCC(N5CCN(C)CC5)CC4)=CCC3C2)c1. The van der Waals surface area contributed by atoms with Gasteiger partial charge in [0.1, 0.15) is 5.75 Å². The second-order valence-electron chi connectivity index (χ2n) is 11.0. The molecule has 0 radical (unpaired) electrons. The van der Waals surface area contributed by atoms with Gasteiger partial charge in [-0.1, -0.05) is 26.0 Å². The van der Waals surface area contributed by atoms with E-state index < -0.39 is 0 Å². The van der Waals surface area contributed by atoms with Crippen LogP contribution in [0.15, 0.2) is 41.6 Å². The summed E-state index contributed by atoms with van der Waals surface area (Å²) in [6.07, 6.45) is 8.21. The summed E-state index contributed by atoms with van der Waals surface area (Å²) < 4.78 is 0. The van der Waals surface area contributed by atoms with E-state index in [0.29, 0.717) is 23.9 Å². The fourth-order valence-electron chi connectivity index (χ4n) is 6.00. The Kier molecular flexibility index (Phi) is 6.72. The normalized spacial score (nSPS) is 24.9. The van der Waals surface area contributed by atoms with Crippen LogP contribution in [-0.2, 0) is 0 Å². The average Bonchev–Trinajstić information content (AvgIpc) is 3.28. The fraction of sp³-hybridized carbons (Fsp3) is 0.607. The Morgan fingerprint density at radius 2 is 1.79 bits per heavy atom. The number of carbonyl (C=O) groups excluding carboxylic acids is 1. The summed E-state index contributed by atoms with van der Waals surface area (Å²) in [5.41, 5.74) is 4.24. The third-order valence-corrected chi connectivity index (χ3v) is 8.37. The largest absolute Gasteiger partial charge is 0.507 e. The van der Waals surface area contributed by atoms with Gasteiger partial charge in [0.25, 0.3) is 5.91 Å². The van der Waals surface area contributed by atoms with E-state index in [4.69, 9.17) is 0 Å². The first-order valence-electron chi connectivity index (χ1n) is 13.1. The first-order chi connectivity index (χ1) is 16.4. The molecule has 1 aliphatic carbocycles. The summed E-state index contributed by atoms with van der Waals surface area (Å²) in [7, 11) is 2.22. The van der Waals surface area contributed by atoms with Crippen LogP contribution in [0.4, 0.5) is 0 Å². The van der Waals surface area contributed by atoms with Crippen molar-refractivity contribution < 1.29 is 9.90 Å². The van der Waals surface area contributed by atoms with Gasteiger partial charge in [-0.25, -0.2) is 0 Å². The highest BCUT2D eigenvalue weighted by atomic mass is 16.3. The van der Waals surface area contributed by atoms with Crippen LogP contribution in [-0.4, -0.2) is 96.1 Å².